The molecule has 0 aliphatic carbocycles. The van der Waals surface area contributed by atoms with Gasteiger partial charge in [0.05, 0.1) is 26.4 Å². The Morgan fingerprint density at radius 1 is 1.10 bits per heavy atom. The van der Waals surface area contributed by atoms with Gasteiger partial charge in [0.15, 0.2) is 0 Å². The number of likely N-dealkylation sites (tertiary alicyclic amines) is 1. The van der Waals surface area contributed by atoms with Crippen molar-refractivity contribution in [1.29, 1.82) is 0 Å². The fourth-order valence-electron chi connectivity index (χ4n) is 3.96. The zero-order valence-corrected chi connectivity index (χ0v) is 17.6. The zero-order valence-electron chi connectivity index (χ0n) is 16.8. The van der Waals surface area contributed by atoms with Crippen molar-refractivity contribution in [2.75, 3.05) is 46.7 Å². The number of carbonyl (C=O) groups excluding carboxylic acids is 2. The number of amides is 2. The molecule has 2 aliphatic heterocycles. The molecule has 2 saturated heterocycles. The molecule has 0 spiro atoms. The number of benzene rings is 1. The van der Waals surface area contributed by atoms with Crippen LogP contribution < -0.4 is 10.1 Å². The second-order valence-electron chi connectivity index (χ2n) is 7.47. The molecular weight excluding hydrogens is 398 g/mol. The number of hydrogen-bond donors (Lipinski definition) is 1. The molecule has 1 N–H and O–H groups in total. The molecule has 10 heteroatoms. The number of methoxy groups -OCH3 is 2. The van der Waals surface area contributed by atoms with Crippen molar-refractivity contribution < 1.29 is 27.5 Å². The molecule has 160 valence electrons. The summed E-state index contributed by atoms with van der Waals surface area (Å²) in [4.78, 5) is 26.7. The highest BCUT2D eigenvalue weighted by Crippen LogP contribution is 2.34. The third-order valence-electron chi connectivity index (χ3n) is 5.60. The normalized spacial score (nSPS) is 25.1. The lowest BCUT2D eigenvalue weighted by molar-refractivity contribution is -0.145. The molecule has 1 aromatic carbocycles. The Morgan fingerprint density at radius 3 is 2.34 bits per heavy atom. The van der Waals surface area contributed by atoms with E-state index in [-0.39, 0.29) is 37.0 Å². The molecule has 2 aliphatic rings. The Balaban J connectivity index is 1.68. The summed E-state index contributed by atoms with van der Waals surface area (Å²) in [6.07, 6.45) is 1.73. The van der Waals surface area contributed by atoms with Crippen molar-refractivity contribution in [3.63, 3.8) is 0 Å². The smallest absolute Gasteiger partial charge is 0.317 e. The molecule has 2 fully saturated rings. The summed E-state index contributed by atoms with van der Waals surface area (Å²) in [7, 11) is -0.340. The maximum absolute atomic E-state index is 12.8. The highest BCUT2D eigenvalue weighted by Gasteiger charge is 2.42. The van der Waals surface area contributed by atoms with Gasteiger partial charge < -0.3 is 19.7 Å². The second-order valence-corrected chi connectivity index (χ2v) is 9.45. The molecule has 1 unspecified atom stereocenters. The summed E-state index contributed by atoms with van der Waals surface area (Å²) in [6.45, 7) is 1.28. The number of nitrogens with zero attached hydrogens (tertiary/aromatic N) is 2. The van der Waals surface area contributed by atoms with E-state index in [0.29, 0.717) is 25.3 Å². The lowest BCUT2D eigenvalue weighted by Gasteiger charge is -2.21. The van der Waals surface area contributed by atoms with Gasteiger partial charge in [-0.15, -0.1) is 0 Å². The van der Waals surface area contributed by atoms with Crippen LogP contribution in [0.15, 0.2) is 24.3 Å². The molecule has 3 atom stereocenters. The quantitative estimate of drug-likeness (QED) is 0.694. The fraction of sp³-hybridized carbons (Fsp3) is 0.579. The molecule has 9 nitrogen and oxygen atoms in total. The van der Waals surface area contributed by atoms with Gasteiger partial charge in [0, 0.05) is 38.1 Å². The number of sulfonamides is 1. The van der Waals surface area contributed by atoms with Crippen molar-refractivity contribution in [2.45, 2.75) is 18.4 Å². The molecule has 0 bridgehead atoms. The lowest BCUT2D eigenvalue weighted by Crippen LogP contribution is -2.45. The van der Waals surface area contributed by atoms with Crippen LogP contribution in [0.1, 0.15) is 17.9 Å². The highest BCUT2D eigenvalue weighted by molar-refractivity contribution is 7.88. The van der Waals surface area contributed by atoms with Gasteiger partial charge in [0.1, 0.15) is 5.75 Å². The Hall–Kier alpha value is -2.33. The van der Waals surface area contributed by atoms with Crippen LogP contribution in [0.25, 0.3) is 0 Å². The summed E-state index contributed by atoms with van der Waals surface area (Å²) < 4.78 is 34.8. The number of ether oxygens (including phenoxy) is 2. The standard InChI is InChI=1S/C19H27N3O6S/c1-27-15-6-4-13(5-7-15)16-11-21(12-17(16)18(23)28-2)19(24)20-14-8-9-22(10-14)29(3,25)26/h4-7,14,16-17H,8-12H2,1-3H3,(H,20,24)/t14?,16-,17+/m0/s1. The summed E-state index contributed by atoms with van der Waals surface area (Å²) >= 11 is 0. The van der Waals surface area contributed by atoms with E-state index >= 15 is 0 Å². The van der Waals surface area contributed by atoms with E-state index in [1.165, 1.54) is 11.4 Å². The van der Waals surface area contributed by atoms with E-state index in [1.54, 1.807) is 12.0 Å². The summed E-state index contributed by atoms with van der Waals surface area (Å²) in [5, 5.41) is 2.90. The molecule has 1 aromatic rings. The van der Waals surface area contributed by atoms with Gasteiger partial charge in [-0.25, -0.2) is 17.5 Å². The number of hydrogen-bond acceptors (Lipinski definition) is 6. The fourth-order valence-corrected chi connectivity index (χ4v) is 4.85. The van der Waals surface area contributed by atoms with Gasteiger partial charge in [-0.3, -0.25) is 4.79 Å². The van der Waals surface area contributed by atoms with E-state index in [1.807, 2.05) is 24.3 Å². The first-order valence-electron chi connectivity index (χ1n) is 9.45. The van der Waals surface area contributed by atoms with Gasteiger partial charge in [0.25, 0.3) is 0 Å². The summed E-state index contributed by atoms with van der Waals surface area (Å²) in [6, 6.07) is 6.89. The Labute approximate surface area is 171 Å². The highest BCUT2D eigenvalue weighted by atomic mass is 32.2. The average Bonchev–Trinajstić information content (AvgIpc) is 3.34. The number of esters is 1. The monoisotopic (exact) mass is 425 g/mol. The largest absolute Gasteiger partial charge is 0.497 e. The van der Waals surface area contributed by atoms with Crippen molar-refractivity contribution in [3.05, 3.63) is 29.8 Å². The Kier molecular flexibility index (Phi) is 6.33. The maximum Gasteiger partial charge on any atom is 0.317 e. The van der Waals surface area contributed by atoms with Crippen molar-refractivity contribution >= 4 is 22.0 Å². The lowest BCUT2D eigenvalue weighted by atomic mass is 9.89. The number of rotatable bonds is 5. The molecule has 0 saturated carbocycles. The van der Waals surface area contributed by atoms with Crippen molar-refractivity contribution in [2.24, 2.45) is 5.92 Å². The van der Waals surface area contributed by atoms with Gasteiger partial charge in [-0.1, -0.05) is 12.1 Å². The van der Waals surface area contributed by atoms with E-state index in [0.717, 1.165) is 11.8 Å². The third-order valence-corrected chi connectivity index (χ3v) is 6.87. The van der Waals surface area contributed by atoms with Gasteiger partial charge in [-0.2, -0.15) is 0 Å². The van der Waals surface area contributed by atoms with Crippen LogP contribution in [0.5, 0.6) is 5.75 Å². The van der Waals surface area contributed by atoms with E-state index in [2.05, 4.69) is 5.32 Å². The first-order chi connectivity index (χ1) is 13.7. The van der Waals surface area contributed by atoms with Crippen molar-refractivity contribution in [1.82, 2.24) is 14.5 Å². The first kappa shape index (κ1) is 21.4. The molecular formula is C19H27N3O6S. The topological polar surface area (TPSA) is 105 Å². The summed E-state index contributed by atoms with van der Waals surface area (Å²) in [5.41, 5.74) is 0.931. The molecule has 3 rings (SSSR count). The van der Waals surface area contributed by atoms with Crippen LogP contribution >= 0.6 is 0 Å². The maximum atomic E-state index is 12.8. The van der Waals surface area contributed by atoms with Crippen LogP contribution in [0, 0.1) is 5.92 Å². The number of nitrogens with one attached hydrogen (secondary N) is 1. The predicted octanol–water partition coefficient (Wildman–Crippen LogP) is 0.627. The van der Waals surface area contributed by atoms with Crippen LogP contribution in [0.2, 0.25) is 0 Å². The molecule has 0 aromatic heterocycles. The molecule has 29 heavy (non-hydrogen) atoms. The number of urea groups is 1. The predicted molar refractivity (Wildman–Crippen MR) is 106 cm³/mol. The SMILES string of the molecule is COC(=O)[C@@H]1CN(C(=O)NC2CCN(S(C)(=O)=O)C2)C[C@H]1c1ccc(OC)cc1. The average molecular weight is 426 g/mol. The van der Waals surface area contributed by atoms with Crippen LogP contribution in [0.4, 0.5) is 4.79 Å². The minimum Gasteiger partial charge on any atom is -0.497 e. The van der Waals surface area contributed by atoms with E-state index < -0.39 is 15.9 Å². The van der Waals surface area contributed by atoms with Gasteiger partial charge in [-0.05, 0) is 24.1 Å². The third kappa shape index (κ3) is 4.81. The van der Waals surface area contributed by atoms with Crippen LogP contribution in [-0.4, -0.2) is 82.3 Å². The van der Waals surface area contributed by atoms with Gasteiger partial charge in [0.2, 0.25) is 10.0 Å². The minimum atomic E-state index is -3.27. The molecule has 0 radical (unpaired) electrons. The first-order valence-corrected chi connectivity index (χ1v) is 11.3. The minimum absolute atomic E-state index is 0.185. The Morgan fingerprint density at radius 2 is 1.79 bits per heavy atom. The van der Waals surface area contributed by atoms with E-state index in [4.69, 9.17) is 9.47 Å². The van der Waals surface area contributed by atoms with Crippen LogP contribution in [-0.2, 0) is 19.6 Å². The second kappa shape index (κ2) is 8.58. The van der Waals surface area contributed by atoms with Crippen molar-refractivity contribution in [3.8, 4) is 5.75 Å². The van der Waals surface area contributed by atoms with E-state index in [9.17, 15) is 18.0 Å². The van der Waals surface area contributed by atoms with Gasteiger partial charge >= 0.3 is 12.0 Å². The van der Waals surface area contributed by atoms with Crippen LogP contribution in [0.3, 0.4) is 0 Å². The molecule has 2 heterocycles. The summed E-state index contributed by atoms with van der Waals surface area (Å²) in [5.74, 6) is -0.289. The Bertz CT molecular complexity index is 857. The number of carbonyl (C=O) groups is 2. The molecule has 2 amide bonds. The zero-order chi connectivity index (χ0) is 21.2.